The number of carbonyl (C=O) groups excluding carboxylic acids is 1. The van der Waals surface area contributed by atoms with Crippen LogP contribution in [-0.2, 0) is 15.4 Å². The van der Waals surface area contributed by atoms with E-state index < -0.39 is 15.9 Å². The Hall–Kier alpha value is -3.23. The number of anilines is 2. The van der Waals surface area contributed by atoms with E-state index in [4.69, 9.17) is 10.3 Å². The maximum absolute atomic E-state index is 12.9. The van der Waals surface area contributed by atoms with Crippen molar-refractivity contribution < 1.29 is 17.9 Å². The Bertz CT molecular complexity index is 1170. The summed E-state index contributed by atoms with van der Waals surface area (Å²) in [6, 6.07) is 8.36. The highest BCUT2D eigenvalue weighted by atomic mass is 32.2. The summed E-state index contributed by atoms with van der Waals surface area (Å²) in [5, 5.41) is 6.40. The van der Waals surface area contributed by atoms with Crippen molar-refractivity contribution in [1.29, 1.82) is 0 Å². The van der Waals surface area contributed by atoms with Crippen LogP contribution >= 0.6 is 0 Å². The number of azide groups is 1. The van der Waals surface area contributed by atoms with Gasteiger partial charge in [-0.3, -0.25) is 9.52 Å². The summed E-state index contributed by atoms with van der Waals surface area (Å²) in [5.74, 6) is -0.227. The topological polar surface area (TPSA) is 133 Å². The molecule has 1 amide bonds. The number of sulfonamides is 1. The van der Waals surface area contributed by atoms with E-state index in [1.807, 2.05) is 0 Å². The molecule has 30 heavy (non-hydrogen) atoms. The van der Waals surface area contributed by atoms with Crippen molar-refractivity contribution in [2.45, 2.75) is 32.1 Å². The first-order chi connectivity index (χ1) is 14.1. The van der Waals surface area contributed by atoms with Crippen molar-refractivity contribution in [1.82, 2.24) is 0 Å². The molecule has 10 heteroatoms. The van der Waals surface area contributed by atoms with Crippen molar-refractivity contribution in [2.75, 3.05) is 23.4 Å². The number of benzene rings is 2. The molecule has 1 fully saturated rings. The van der Waals surface area contributed by atoms with Gasteiger partial charge in [0.2, 0.25) is 10.0 Å². The molecule has 0 aromatic heterocycles. The molecule has 0 spiro atoms. The second kappa shape index (κ2) is 7.89. The molecule has 0 heterocycles. The molecule has 1 aliphatic rings. The zero-order chi connectivity index (χ0) is 22.1. The lowest BCUT2D eigenvalue weighted by Gasteiger charge is -2.19. The third kappa shape index (κ3) is 4.67. The molecule has 1 aliphatic carbocycles. The Morgan fingerprint density at radius 3 is 2.47 bits per heavy atom. The van der Waals surface area contributed by atoms with E-state index in [0.29, 0.717) is 16.9 Å². The van der Waals surface area contributed by atoms with Crippen molar-refractivity contribution in [3.63, 3.8) is 0 Å². The fraction of sp³-hybridized carbons (Fsp3) is 0.350. The minimum Gasteiger partial charge on any atom is -0.492 e. The zero-order valence-corrected chi connectivity index (χ0v) is 18.0. The molecule has 0 unspecified atom stereocenters. The van der Waals surface area contributed by atoms with Crippen LogP contribution in [0, 0.1) is 6.92 Å². The number of aryl methyl sites for hydroxylation is 1. The lowest BCUT2D eigenvalue weighted by Crippen LogP contribution is -2.16. The molecule has 158 valence electrons. The molecular weight excluding hydrogens is 406 g/mol. The number of methoxy groups -OCH3 is 1. The predicted molar refractivity (Wildman–Crippen MR) is 116 cm³/mol. The molecule has 0 bridgehead atoms. The number of carbonyl (C=O) groups is 1. The fourth-order valence-corrected chi connectivity index (χ4v) is 3.69. The number of ether oxygens (including phenoxy) is 1. The van der Waals surface area contributed by atoms with Gasteiger partial charge in [-0.15, -0.1) is 0 Å². The standard InChI is InChI=1S/C20H23N5O4S/c1-12-5-6-13(9-15(12)23-25-21)19(26)22-16-10-14(20(2)7-8-20)11-17(18(16)29-3)24-30(4,27)28/h5-6,9-11,24H,7-8H2,1-4H3,(H,22,26). The number of nitrogens with one attached hydrogen (secondary N) is 2. The second-order valence-corrected chi connectivity index (χ2v) is 9.43. The van der Waals surface area contributed by atoms with Gasteiger partial charge in [0, 0.05) is 16.2 Å². The summed E-state index contributed by atoms with van der Waals surface area (Å²) >= 11 is 0. The Balaban J connectivity index is 2.04. The molecule has 2 N–H and O–H groups in total. The van der Waals surface area contributed by atoms with Gasteiger partial charge >= 0.3 is 0 Å². The number of rotatable bonds is 7. The van der Waals surface area contributed by atoms with E-state index in [9.17, 15) is 13.2 Å². The van der Waals surface area contributed by atoms with E-state index in [2.05, 4.69) is 27.0 Å². The van der Waals surface area contributed by atoms with Crippen LogP contribution in [0.2, 0.25) is 0 Å². The Morgan fingerprint density at radius 1 is 1.23 bits per heavy atom. The lowest BCUT2D eigenvalue weighted by atomic mass is 9.96. The summed E-state index contributed by atoms with van der Waals surface area (Å²) in [5.41, 5.74) is 11.5. The van der Waals surface area contributed by atoms with E-state index in [-0.39, 0.29) is 16.9 Å². The van der Waals surface area contributed by atoms with E-state index >= 15 is 0 Å². The largest absolute Gasteiger partial charge is 0.492 e. The summed E-state index contributed by atoms with van der Waals surface area (Å²) < 4.78 is 31.6. The van der Waals surface area contributed by atoms with Gasteiger partial charge in [-0.25, -0.2) is 8.42 Å². The van der Waals surface area contributed by atoms with Crippen LogP contribution in [0.5, 0.6) is 5.75 Å². The van der Waals surface area contributed by atoms with E-state index in [1.54, 1.807) is 31.2 Å². The van der Waals surface area contributed by atoms with E-state index in [1.165, 1.54) is 13.2 Å². The van der Waals surface area contributed by atoms with Gasteiger partial charge in [-0.1, -0.05) is 18.1 Å². The van der Waals surface area contributed by atoms with Crippen LogP contribution in [0.15, 0.2) is 35.4 Å². The van der Waals surface area contributed by atoms with Gasteiger partial charge < -0.3 is 10.1 Å². The van der Waals surface area contributed by atoms with Crippen LogP contribution in [-0.4, -0.2) is 27.7 Å². The van der Waals surface area contributed by atoms with Gasteiger partial charge in [-0.2, -0.15) is 0 Å². The fourth-order valence-electron chi connectivity index (χ4n) is 3.14. The molecular formula is C20H23N5O4S. The van der Waals surface area contributed by atoms with Crippen molar-refractivity contribution in [3.05, 3.63) is 57.5 Å². The minimum absolute atomic E-state index is 0.0712. The van der Waals surface area contributed by atoms with Gasteiger partial charge in [0.15, 0.2) is 5.75 Å². The number of amides is 1. The molecule has 0 atom stereocenters. The Kier molecular flexibility index (Phi) is 5.65. The van der Waals surface area contributed by atoms with Gasteiger partial charge in [0.25, 0.3) is 5.91 Å². The summed E-state index contributed by atoms with van der Waals surface area (Å²) in [4.78, 5) is 15.7. The minimum atomic E-state index is -3.55. The van der Waals surface area contributed by atoms with Gasteiger partial charge in [-0.05, 0) is 66.1 Å². The smallest absolute Gasteiger partial charge is 0.255 e. The van der Waals surface area contributed by atoms with Gasteiger partial charge in [0.1, 0.15) is 0 Å². The summed E-state index contributed by atoms with van der Waals surface area (Å²) in [7, 11) is -2.15. The molecule has 2 aromatic rings. The summed E-state index contributed by atoms with van der Waals surface area (Å²) in [6.45, 7) is 3.86. The highest BCUT2D eigenvalue weighted by Gasteiger charge is 2.40. The molecule has 3 rings (SSSR count). The normalized spacial score (nSPS) is 14.4. The first kappa shape index (κ1) is 21.5. The quantitative estimate of drug-likeness (QED) is 0.377. The first-order valence-electron chi connectivity index (χ1n) is 9.24. The Labute approximate surface area is 175 Å². The molecule has 0 radical (unpaired) electrons. The summed E-state index contributed by atoms with van der Waals surface area (Å²) in [6.07, 6.45) is 3.00. The average molecular weight is 430 g/mol. The SMILES string of the molecule is COc1c(NC(=O)c2ccc(C)c(N=[N+]=[N-])c2)cc(C2(C)CC2)cc1NS(C)(=O)=O. The highest BCUT2D eigenvalue weighted by molar-refractivity contribution is 7.92. The van der Waals surface area contributed by atoms with Crippen molar-refractivity contribution >= 4 is 33.0 Å². The number of nitrogens with zero attached hydrogens (tertiary/aromatic N) is 3. The number of hydrogen-bond acceptors (Lipinski definition) is 5. The van der Waals surface area contributed by atoms with Crippen LogP contribution in [0.1, 0.15) is 41.3 Å². The van der Waals surface area contributed by atoms with E-state index in [0.717, 1.165) is 30.2 Å². The molecule has 9 nitrogen and oxygen atoms in total. The van der Waals surface area contributed by atoms with Crippen LogP contribution in [0.3, 0.4) is 0 Å². The maximum atomic E-state index is 12.9. The molecule has 0 saturated heterocycles. The monoisotopic (exact) mass is 429 g/mol. The molecule has 2 aromatic carbocycles. The maximum Gasteiger partial charge on any atom is 0.255 e. The van der Waals surface area contributed by atoms with Crippen molar-refractivity contribution in [2.24, 2.45) is 5.11 Å². The van der Waals surface area contributed by atoms with Crippen LogP contribution in [0.25, 0.3) is 10.4 Å². The van der Waals surface area contributed by atoms with Crippen molar-refractivity contribution in [3.8, 4) is 5.75 Å². The second-order valence-electron chi connectivity index (χ2n) is 7.68. The van der Waals surface area contributed by atoms with Crippen LogP contribution < -0.4 is 14.8 Å². The number of hydrogen-bond donors (Lipinski definition) is 2. The average Bonchev–Trinajstić information content (AvgIpc) is 3.41. The zero-order valence-electron chi connectivity index (χ0n) is 17.2. The Morgan fingerprint density at radius 2 is 1.90 bits per heavy atom. The third-order valence-electron chi connectivity index (χ3n) is 5.16. The highest BCUT2D eigenvalue weighted by Crippen LogP contribution is 2.50. The predicted octanol–water partition coefficient (Wildman–Crippen LogP) is 4.62. The lowest BCUT2D eigenvalue weighted by molar-refractivity contribution is 0.102. The first-order valence-corrected chi connectivity index (χ1v) is 11.1. The molecule has 0 aliphatic heterocycles. The van der Waals surface area contributed by atoms with Gasteiger partial charge in [0.05, 0.1) is 24.7 Å². The van der Waals surface area contributed by atoms with Crippen LogP contribution in [0.4, 0.5) is 17.1 Å². The third-order valence-corrected chi connectivity index (χ3v) is 5.75. The molecule has 1 saturated carbocycles.